The number of hydrogen-bond acceptors (Lipinski definition) is 5. The van der Waals surface area contributed by atoms with Crippen molar-refractivity contribution in [3.63, 3.8) is 0 Å². The highest BCUT2D eigenvalue weighted by molar-refractivity contribution is 7.11. The Balaban J connectivity index is 1.63. The first kappa shape index (κ1) is 19.6. The van der Waals surface area contributed by atoms with E-state index in [-0.39, 0.29) is 11.8 Å². The molecule has 0 spiro atoms. The van der Waals surface area contributed by atoms with E-state index in [1.165, 1.54) is 21.8 Å². The summed E-state index contributed by atoms with van der Waals surface area (Å²) in [5.74, 6) is -0.0725. The Kier molecular flexibility index (Phi) is 5.08. The van der Waals surface area contributed by atoms with Crippen molar-refractivity contribution in [2.24, 2.45) is 0 Å². The van der Waals surface area contributed by atoms with E-state index in [0.29, 0.717) is 35.9 Å². The number of fused-ring (bicyclic) bond motifs is 1. The SMILES string of the molecule is CCCOc1ccccc1N1C(=O)C(c2cccs2)=C(N2CCc3ccccc32)C1=O. The summed E-state index contributed by atoms with van der Waals surface area (Å²) < 4.78 is 5.86. The second kappa shape index (κ2) is 8.04. The molecule has 3 aromatic rings. The second-order valence-electron chi connectivity index (χ2n) is 7.49. The Morgan fingerprint density at radius 2 is 1.71 bits per heavy atom. The van der Waals surface area contributed by atoms with Gasteiger partial charge in [-0.1, -0.05) is 43.3 Å². The molecule has 3 heterocycles. The average molecular weight is 431 g/mol. The van der Waals surface area contributed by atoms with E-state index in [2.05, 4.69) is 6.07 Å². The number of carbonyl (C=O) groups excluding carboxylic acids is 2. The lowest BCUT2D eigenvalue weighted by Gasteiger charge is -2.22. The van der Waals surface area contributed by atoms with E-state index >= 15 is 0 Å². The van der Waals surface area contributed by atoms with Crippen molar-refractivity contribution in [3.05, 3.63) is 82.2 Å². The minimum atomic E-state index is -0.308. The molecule has 0 atom stereocenters. The highest BCUT2D eigenvalue weighted by Crippen LogP contribution is 2.42. The smallest absolute Gasteiger partial charge is 0.282 e. The second-order valence-corrected chi connectivity index (χ2v) is 8.44. The lowest BCUT2D eigenvalue weighted by molar-refractivity contribution is -0.120. The summed E-state index contributed by atoms with van der Waals surface area (Å²) in [5.41, 5.74) is 3.57. The molecule has 0 unspecified atom stereocenters. The van der Waals surface area contributed by atoms with Gasteiger partial charge in [-0.25, -0.2) is 4.90 Å². The van der Waals surface area contributed by atoms with E-state index < -0.39 is 0 Å². The monoisotopic (exact) mass is 430 g/mol. The molecule has 156 valence electrons. The van der Waals surface area contributed by atoms with E-state index in [4.69, 9.17) is 4.74 Å². The minimum absolute atomic E-state index is 0.306. The van der Waals surface area contributed by atoms with Crippen LogP contribution < -0.4 is 14.5 Å². The fourth-order valence-corrected chi connectivity index (χ4v) is 4.94. The van der Waals surface area contributed by atoms with Crippen molar-refractivity contribution in [1.82, 2.24) is 0 Å². The molecule has 0 N–H and O–H groups in total. The van der Waals surface area contributed by atoms with Gasteiger partial charge in [0.2, 0.25) is 0 Å². The Bertz CT molecular complexity index is 1180. The largest absolute Gasteiger partial charge is 0.491 e. The Morgan fingerprint density at radius 3 is 2.48 bits per heavy atom. The number of rotatable bonds is 6. The summed E-state index contributed by atoms with van der Waals surface area (Å²) in [6.45, 7) is 3.21. The average Bonchev–Trinajstić information content (AvgIpc) is 3.51. The molecule has 2 aromatic carbocycles. The van der Waals surface area contributed by atoms with Crippen LogP contribution in [0.5, 0.6) is 5.75 Å². The molecule has 0 saturated heterocycles. The molecule has 0 radical (unpaired) electrons. The molecular weight excluding hydrogens is 408 g/mol. The maximum absolute atomic E-state index is 13.8. The predicted octanol–water partition coefficient (Wildman–Crippen LogP) is 4.88. The van der Waals surface area contributed by atoms with Crippen molar-refractivity contribution < 1.29 is 14.3 Å². The zero-order valence-corrected chi connectivity index (χ0v) is 18.0. The van der Waals surface area contributed by atoms with Crippen LogP contribution in [0.3, 0.4) is 0 Å². The summed E-state index contributed by atoms with van der Waals surface area (Å²) in [4.78, 5) is 31.6. The number of ether oxygens (including phenoxy) is 1. The first-order chi connectivity index (χ1) is 15.2. The Labute approximate surface area is 185 Å². The van der Waals surface area contributed by atoms with Gasteiger partial charge in [0.25, 0.3) is 11.8 Å². The zero-order chi connectivity index (χ0) is 21.4. The molecule has 2 aliphatic heterocycles. The summed E-state index contributed by atoms with van der Waals surface area (Å²) in [6, 6.07) is 19.1. The third kappa shape index (κ3) is 3.24. The standard InChI is InChI=1S/C25H22N2O3S/c1-2-15-30-20-11-6-5-10-19(20)27-24(28)22(21-12-7-16-31-21)23(25(27)29)26-14-13-17-8-3-4-9-18(17)26/h3-12,16H,2,13-15H2,1H3. The maximum Gasteiger partial charge on any atom is 0.282 e. The van der Waals surface area contributed by atoms with Crippen molar-refractivity contribution in [3.8, 4) is 5.75 Å². The number of amides is 2. The van der Waals surface area contributed by atoms with Crippen LogP contribution in [-0.4, -0.2) is 25.0 Å². The Hall–Kier alpha value is -3.38. The third-order valence-electron chi connectivity index (χ3n) is 5.55. The van der Waals surface area contributed by atoms with Gasteiger partial charge < -0.3 is 9.64 Å². The van der Waals surface area contributed by atoms with Gasteiger partial charge in [0, 0.05) is 17.1 Å². The van der Waals surface area contributed by atoms with Crippen LogP contribution in [0.2, 0.25) is 0 Å². The summed E-state index contributed by atoms with van der Waals surface area (Å²) >= 11 is 1.47. The number of carbonyl (C=O) groups is 2. The van der Waals surface area contributed by atoms with Gasteiger partial charge in [-0.15, -0.1) is 11.3 Å². The predicted molar refractivity (Wildman–Crippen MR) is 123 cm³/mol. The molecule has 6 heteroatoms. The first-order valence-electron chi connectivity index (χ1n) is 10.4. The van der Waals surface area contributed by atoms with Crippen LogP contribution in [0, 0.1) is 0 Å². The summed E-state index contributed by atoms with van der Waals surface area (Å²) in [6.07, 6.45) is 1.68. The quantitative estimate of drug-likeness (QED) is 0.523. The van der Waals surface area contributed by atoms with Gasteiger partial charge in [-0.3, -0.25) is 9.59 Å². The number of nitrogens with zero attached hydrogens (tertiary/aromatic N) is 2. The zero-order valence-electron chi connectivity index (χ0n) is 17.2. The lowest BCUT2D eigenvalue weighted by Crippen LogP contribution is -2.35. The number of anilines is 2. The van der Waals surface area contributed by atoms with Crippen LogP contribution in [0.4, 0.5) is 11.4 Å². The van der Waals surface area contributed by atoms with Crippen molar-refractivity contribution in [1.29, 1.82) is 0 Å². The van der Waals surface area contributed by atoms with E-state index in [9.17, 15) is 9.59 Å². The van der Waals surface area contributed by atoms with Crippen LogP contribution in [0.25, 0.3) is 5.57 Å². The van der Waals surface area contributed by atoms with Crippen LogP contribution >= 0.6 is 11.3 Å². The van der Waals surface area contributed by atoms with Crippen LogP contribution in [-0.2, 0) is 16.0 Å². The molecule has 5 rings (SSSR count). The molecule has 2 aliphatic rings. The van der Waals surface area contributed by atoms with Crippen molar-refractivity contribution >= 4 is 40.1 Å². The van der Waals surface area contributed by atoms with Crippen LogP contribution in [0.15, 0.2) is 71.7 Å². The topological polar surface area (TPSA) is 49.9 Å². The van der Waals surface area contributed by atoms with Crippen molar-refractivity contribution in [2.75, 3.05) is 23.0 Å². The molecule has 5 nitrogen and oxygen atoms in total. The summed E-state index contributed by atoms with van der Waals surface area (Å²) in [7, 11) is 0. The number of imide groups is 1. The number of benzene rings is 2. The van der Waals surface area contributed by atoms with Gasteiger partial charge in [-0.05, 0) is 48.1 Å². The summed E-state index contributed by atoms with van der Waals surface area (Å²) in [5, 5.41) is 1.93. The lowest BCUT2D eigenvalue weighted by atomic mass is 10.1. The van der Waals surface area contributed by atoms with Gasteiger partial charge >= 0.3 is 0 Å². The minimum Gasteiger partial charge on any atom is -0.491 e. The molecule has 0 aliphatic carbocycles. The fraction of sp³-hybridized carbons (Fsp3) is 0.200. The highest BCUT2D eigenvalue weighted by atomic mass is 32.1. The highest BCUT2D eigenvalue weighted by Gasteiger charge is 2.45. The van der Waals surface area contributed by atoms with Crippen molar-refractivity contribution in [2.45, 2.75) is 19.8 Å². The number of hydrogen-bond donors (Lipinski definition) is 0. The molecule has 0 fully saturated rings. The van der Waals surface area contributed by atoms with Gasteiger partial charge in [0.05, 0.1) is 17.9 Å². The van der Waals surface area contributed by atoms with Crippen LogP contribution in [0.1, 0.15) is 23.8 Å². The number of para-hydroxylation sites is 3. The molecule has 2 amide bonds. The van der Waals surface area contributed by atoms with E-state index in [0.717, 1.165) is 23.4 Å². The normalized spacial score (nSPS) is 15.8. The molecule has 1 aromatic heterocycles. The molecular formula is C25H22N2O3S. The molecule has 31 heavy (non-hydrogen) atoms. The van der Waals surface area contributed by atoms with Gasteiger partial charge in [0.15, 0.2) is 0 Å². The third-order valence-corrected chi connectivity index (χ3v) is 6.44. The van der Waals surface area contributed by atoms with E-state index in [1.54, 1.807) is 12.1 Å². The molecule has 0 saturated carbocycles. The van der Waals surface area contributed by atoms with Gasteiger partial charge in [-0.2, -0.15) is 0 Å². The fourth-order valence-electron chi connectivity index (χ4n) is 4.18. The Morgan fingerprint density at radius 1 is 0.935 bits per heavy atom. The van der Waals surface area contributed by atoms with Gasteiger partial charge in [0.1, 0.15) is 11.4 Å². The van der Waals surface area contributed by atoms with E-state index in [1.807, 2.05) is 59.7 Å². The number of thiophene rings is 1. The maximum atomic E-state index is 13.8. The first-order valence-corrected chi connectivity index (χ1v) is 11.3. The molecule has 0 bridgehead atoms.